The number of fused-ring (bicyclic) bond motifs is 5. The number of ketones is 1. The molecule has 5 heteroatoms. The van der Waals surface area contributed by atoms with Crippen LogP contribution in [0, 0.1) is 11.3 Å². The predicted molar refractivity (Wildman–Crippen MR) is 85.2 cm³/mol. The number of Topliss-reactive ketones (excluding diaryl/α,β-unsaturated/α-hetero) is 1. The number of ether oxygens (including phenoxy) is 3. The van der Waals surface area contributed by atoms with Crippen LogP contribution in [0.25, 0.3) is 0 Å². The molecule has 0 saturated carbocycles. The number of allylic oxidation sites excluding steroid dienone is 2. The summed E-state index contributed by atoms with van der Waals surface area (Å²) < 4.78 is 16.9. The zero-order chi connectivity index (χ0) is 17.1. The van der Waals surface area contributed by atoms with Crippen LogP contribution < -0.4 is 4.74 Å². The third-order valence-corrected chi connectivity index (χ3v) is 5.07. The van der Waals surface area contributed by atoms with Gasteiger partial charge < -0.3 is 14.2 Å². The van der Waals surface area contributed by atoms with Crippen LogP contribution in [0.1, 0.15) is 38.2 Å². The Morgan fingerprint density at radius 3 is 2.71 bits per heavy atom. The summed E-state index contributed by atoms with van der Waals surface area (Å²) >= 11 is 0. The van der Waals surface area contributed by atoms with Gasteiger partial charge in [0.05, 0.1) is 7.11 Å². The normalized spacial score (nSPS) is 29.8. The van der Waals surface area contributed by atoms with Crippen molar-refractivity contribution in [1.29, 1.82) is 0 Å². The van der Waals surface area contributed by atoms with Gasteiger partial charge in [0.1, 0.15) is 17.4 Å². The molecule has 1 aliphatic carbocycles. The Kier molecular flexibility index (Phi) is 3.24. The molecule has 1 unspecified atom stereocenters. The maximum atomic E-state index is 12.9. The maximum absolute atomic E-state index is 12.9. The molecule has 3 aliphatic rings. The first-order valence-corrected chi connectivity index (χ1v) is 8.17. The summed E-state index contributed by atoms with van der Waals surface area (Å²) in [6.45, 7) is 4.10. The minimum atomic E-state index is -0.752. The number of carbonyl (C=O) groups is 2. The monoisotopic (exact) mass is 328 g/mol. The summed E-state index contributed by atoms with van der Waals surface area (Å²) in [5, 5.41) is 0. The smallest absolute Gasteiger partial charge is 0.317 e. The molecule has 2 bridgehead atoms. The van der Waals surface area contributed by atoms with E-state index in [9.17, 15) is 9.59 Å². The van der Waals surface area contributed by atoms with E-state index in [0.29, 0.717) is 29.9 Å². The van der Waals surface area contributed by atoms with Crippen LogP contribution in [0.3, 0.4) is 0 Å². The van der Waals surface area contributed by atoms with Crippen molar-refractivity contribution in [2.24, 2.45) is 11.3 Å². The molecule has 126 valence electrons. The predicted octanol–water partition coefficient (Wildman–Crippen LogP) is 2.95. The second-order valence-electron chi connectivity index (χ2n) is 7.45. The van der Waals surface area contributed by atoms with E-state index in [4.69, 9.17) is 14.2 Å². The number of esters is 1. The topological polar surface area (TPSA) is 61.8 Å². The van der Waals surface area contributed by atoms with E-state index in [1.807, 2.05) is 24.3 Å². The van der Waals surface area contributed by atoms with Crippen molar-refractivity contribution < 1.29 is 23.8 Å². The van der Waals surface area contributed by atoms with Gasteiger partial charge in [0, 0.05) is 29.9 Å². The van der Waals surface area contributed by atoms with Crippen LogP contribution in [0.2, 0.25) is 0 Å². The highest BCUT2D eigenvalue weighted by Crippen LogP contribution is 2.53. The van der Waals surface area contributed by atoms with Crippen molar-refractivity contribution in [3.63, 3.8) is 0 Å². The van der Waals surface area contributed by atoms with Gasteiger partial charge >= 0.3 is 5.97 Å². The lowest BCUT2D eigenvalue weighted by atomic mass is 9.67. The van der Waals surface area contributed by atoms with Crippen LogP contribution in [-0.2, 0) is 19.1 Å². The van der Waals surface area contributed by atoms with Crippen molar-refractivity contribution in [2.45, 2.75) is 38.9 Å². The zero-order valence-electron chi connectivity index (χ0n) is 14.0. The van der Waals surface area contributed by atoms with Crippen molar-refractivity contribution in [2.75, 3.05) is 7.11 Å². The lowest BCUT2D eigenvalue weighted by Gasteiger charge is -2.46. The number of benzene rings is 1. The Morgan fingerprint density at radius 1 is 1.21 bits per heavy atom. The Balaban J connectivity index is 1.91. The Morgan fingerprint density at radius 2 is 1.96 bits per heavy atom. The number of rotatable bonds is 1. The van der Waals surface area contributed by atoms with Crippen LogP contribution >= 0.6 is 0 Å². The summed E-state index contributed by atoms with van der Waals surface area (Å²) in [5.41, 5.74) is 1.33. The molecule has 24 heavy (non-hydrogen) atoms. The average Bonchev–Trinajstić information content (AvgIpc) is 2.51. The lowest BCUT2D eigenvalue weighted by molar-refractivity contribution is -0.172. The molecule has 0 saturated heterocycles. The van der Waals surface area contributed by atoms with Gasteiger partial charge in [0.25, 0.3) is 6.29 Å². The first-order chi connectivity index (χ1) is 11.4. The van der Waals surface area contributed by atoms with Gasteiger partial charge in [-0.25, -0.2) is 0 Å². The molecule has 0 spiro atoms. The molecule has 0 N–H and O–H groups in total. The standard InChI is InChI=1S/C19H20O5/c1-19(2)8-11(20)15-13(9-19)24-18-16(17(21)22-3)14(15)10-6-4-5-7-12(10)23-18/h4-7,14,16,18H,8-9H2,1-3H3/t14-,16?,18+/m0/s1. The SMILES string of the molecule is COC(=O)C1[C@H]2OC3=C(C(=O)CC(C)(C)C3)[C@@H]1c1ccccc1O2. The van der Waals surface area contributed by atoms with Crippen LogP contribution in [0.5, 0.6) is 5.75 Å². The summed E-state index contributed by atoms with van der Waals surface area (Å²) in [5.74, 6) is -0.0507. The van der Waals surface area contributed by atoms with Gasteiger partial charge in [-0.3, -0.25) is 9.59 Å². The average molecular weight is 328 g/mol. The van der Waals surface area contributed by atoms with Crippen molar-refractivity contribution in [1.82, 2.24) is 0 Å². The molecule has 2 heterocycles. The van der Waals surface area contributed by atoms with Gasteiger partial charge in [-0.2, -0.15) is 0 Å². The van der Waals surface area contributed by atoms with Crippen molar-refractivity contribution >= 4 is 11.8 Å². The van der Waals surface area contributed by atoms with Crippen LogP contribution in [0.15, 0.2) is 35.6 Å². The second kappa shape index (κ2) is 5.10. The number of hydrogen-bond donors (Lipinski definition) is 0. The number of para-hydroxylation sites is 1. The molecular weight excluding hydrogens is 308 g/mol. The third-order valence-electron chi connectivity index (χ3n) is 5.07. The first kappa shape index (κ1) is 15.2. The molecule has 4 rings (SSSR count). The van der Waals surface area contributed by atoms with Crippen molar-refractivity contribution in [3.8, 4) is 5.75 Å². The molecule has 1 aromatic carbocycles. The quantitative estimate of drug-likeness (QED) is 0.742. The van der Waals surface area contributed by atoms with Gasteiger partial charge in [-0.15, -0.1) is 0 Å². The fourth-order valence-electron chi connectivity index (χ4n) is 4.08. The number of carbonyl (C=O) groups excluding carboxylic acids is 2. The Labute approximate surface area is 140 Å². The lowest BCUT2D eigenvalue weighted by Crippen LogP contribution is -2.49. The molecule has 2 aliphatic heterocycles. The fourth-order valence-corrected chi connectivity index (χ4v) is 4.08. The number of hydrogen-bond acceptors (Lipinski definition) is 5. The molecule has 5 nitrogen and oxygen atoms in total. The molecule has 1 aromatic rings. The second-order valence-corrected chi connectivity index (χ2v) is 7.45. The third kappa shape index (κ3) is 2.14. The zero-order valence-corrected chi connectivity index (χ0v) is 14.0. The highest BCUT2D eigenvalue weighted by molar-refractivity contribution is 6.00. The minimum absolute atomic E-state index is 0.0512. The summed E-state index contributed by atoms with van der Waals surface area (Å²) in [6, 6.07) is 7.52. The van der Waals surface area contributed by atoms with Gasteiger partial charge in [0.15, 0.2) is 5.78 Å². The first-order valence-electron chi connectivity index (χ1n) is 8.17. The van der Waals surface area contributed by atoms with E-state index in [2.05, 4.69) is 13.8 Å². The largest absolute Gasteiger partial charge is 0.469 e. The summed E-state index contributed by atoms with van der Waals surface area (Å²) in [7, 11) is 1.35. The minimum Gasteiger partial charge on any atom is -0.469 e. The highest BCUT2D eigenvalue weighted by atomic mass is 16.7. The van der Waals surface area contributed by atoms with Crippen LogP contribution in [0.4, 0.5) is 0 Å². The maximum Gasteiger partial charge on any atom is 0.317 e. The van der Waals surface area contributed by atoms with Gasteiger partial charge in [0.2, 0.25) is 0 Å². The summed E-state index contributed by atoms with van der Waals surface area (Å²) in [6.07, 6.45) is 0.367. The van der Waals surface area contributed by atoms with E-state index in [1.165, 1.54) is 7.11 Å². The molecule has 0 aromatic heterocycles. The van der Waals surface area contributed by atoms with Gasteiger partial charge in [-0.1, -0.05) is 32.0 Å². The van der Waals surface area contributed by atoms with E-state index in [1.54, 1.807) is 0 Å². The van der Waals surface area contributed by atoms with E-state index in [-0.39, 0.29) is 17.1 Å². The van der Waals surface area contributed by atoms with E-state index >= 15 is 0 Å². The van der Waals surface area contributed by atoms with Gasteiger partial charge in [-0.05, 0) is 11.5 Å². The molecular formula is C19H20O5. The molecule has 0 fully saturated rings. The highest BCUT2D eigenvalue weighted by Gasteiger charge is 2.54. The Hall–Kier alpha value is -2.30. The van der Waals surface area contributed by atoms with Crippen molar-refractivity contribution in [3.05, 3.63) is 41.2 Å². The van der Waals surface area contributed by atoms with Crippen LogP contribution in [-0.4, -0.2) is 25.2 Å². The van der Waals surface area contributed by atoms with E-state index < -0.39 is 18.2 Å². The fraction of sp³-hybridized carbons (Fsp3) is 0.474. The molecule has 0 amide bonds. The van der Waals surface area contributed by atoms with E-state index in [0.717, 1.165) is 5.56 Å². The summed E-state index contributed by atoms with van der Waals surface area (Å²) in [4.78, 5) is 25.3. The Bertz CT molecular complexity index is 761. The molecule has 0 radical (unpaired) electrons. The molecule has 3 atom stereocenters. The number of methoxy groups -OCH3 is 1.